The van der Waals surface area contributed by atoms with Crippen molar-refractivity contribution < 1.29 is 4.79 Å². The van der Waals surface area contributed by atoms with Gasteiger partial charge in [0, 0.05) is 15.7 Å². The molecule has 0 saturated heterocycles. The van der Waals surface area contributed by atoms with Gasteiger partial charge in [0.05, 0.1) is 4.88 Å². The number of anilines is 1. The molecule has 2 aromatic rings. The van der Waals surface area contributed by atoms with Gasteiger partial charge >= 0.3 is 0 Å². The molecule has 1 aromatic carbocycles. The number of hydrogen-bond donors (Lipinski definition) is 1. The van der Waals surface area contributed by atoms with Crippen LogP contribution in [-0.2, 0) is 0 Å². The maximum absolute atomic E-state index is 12.0. The molecule has 0 aliphatic carbocycles. The molecule has 0 saturated carbocycles. The predicted octanol–water partition coefficient (Wildman–Crippen LogP) is 3.32. The van der Waals surface area contributed by atoms with Gasteiger partial charge in [-0.1, -0.05) is 22.0 Å². The van der Waals surface area contributed by atoms with Gasteiger partial charge in [-0.15, -0.1) is 11.3 Å². The minimum atomic E-state index is -0.0185. The molecule has 76 valence electrons. The van der Waals surface area contributed by atoms with E-state index in [0.717, 1.165) is 4.47 Å². The Labute approximate surface area is 99.9 Å². The zero-order chi connectivity index (χ0) is 10.8. The monoisotopic (exact) mass is 281 g/mol. The summed E-state index contributed by atoms with van der Waals surface area (Å²) in [5.74, 6) is -0.0185. The summed E-state index contributed by atoms with van der Waals surface area (Å²) < 4.78 is 0.878. The second-order valence-corrected chi connectivity index (χ2v) is 4.90. The number of carbonyl (C=O) groups is 1. The minimum absolute atomic E-state index is 0.0185. The van der Waals surface area contributed by atoms with Gasteiger partial charge in [0.25, 0.3) is 0 Å². The molecule has 4 heteroatoms. The SMILES string of the molecule is Nc1cc(Br)ccc1C(=O)c1cccs1. The van der Waals surface area contributed by atoms with Gasteiger partial charge in [-0.2, -0.15) is 0 Å². The molecule has 0 radical (unpaired) electrons. The maximum Gasteiger partial charge on any atom is 0.205 e. The first kappa shape index (κ1) is 10.4. The summed E-state index contributed by atoms with van der Waals surface area (Å²) in [5, 5.41) is 1.88. The number of thiophene rings is 1. The summed E-state index contributed by atoms with van der Waals surface area (Å²) >= 11 is 4.73. The second kappa shape index (κ2) is 4.16. The summed E-state index contributed by atoms with van der Waals surface area (Å²) in [5.41, 5.74) is 6.84. The van der Waals surface area contributed by atoms with Crippen LogP contribution in [0.2, 0.25) is 0 Å². The van der Waals surface area contributed by atoms with Crippen molar-refractivity contribution in [1.29, 1.82) is 0 Å². The number of ketones is 1. The Morgan fingerprint density at radius 3 is 2.73 bits per heavy atom. The molecule has 0 fully saturated rings. The van der Waals surface area contributed by atoms with Crippen molar-refractivity contribution in [2.45, 2.75) is 0 Å². The molecule has 2 nitrogen and oxygen atoms in total. The molecule has 1 heterocycles. The van der Waals surface area contributed by atoms with Crippen LogP contribution in [0.15, 0.2) is 40.2 Å². The van der Waals surface area contributed by atoms with Crippen LogP contribution >= 0.6 is 27.3 Å². The molecule has 0 amide bonds. The van der Waals surface area contributed by atoms with Gasteiger partial charge in [-0.05, 0) is 29.6 Å². The number of hydrogen-bond acceptors (Lipinski definition) is 3. The molecule has 0 bridgehead atoms. The van der Waals surface area contributed by atoms with Crippen LogP contribution in [-0.4, -0.2) is 5.78 Å². The molecule has 2 N–H and O–H groups in total. The first-order valence-electron chi connectivity index (χ1n) is 4.31. The van der Waals surface area contributed by atoms with Crippen molar-refractivity contribution in [3.05, 3.63) is 50.6 Å². The molecule has 15 heavy (non-hydrogen) atoms. The van der Waals surface area contributed by atoms with Crippen molar-refractivity contribution in [3.63, 3.8) is 0 Å². The number of benzene rings is 1. The summed E-state index contributed by atoms with van der Waals surface area (Å²) in [4.78, 5) is 12.7. The van der Waals surface area contributed by atoms with E-state index in [2.05, 4.69) is 15.9 Å². The van der Waals surface area contributed by atoms with Gasteiger partial charge in [0.15, 0.2) is 0 Å². The number of halogens is 1. The Morgan fingerprint density at radius 2 is 2.13 bits per heavy atom. The lowest BCUT2D eigenvalue weighted by atomic mass is 10.1. The van der Waals surface area contributed by atoms with Crippen molar-refractivity contribution in [1.82, 2.24) is 0 Å². The number of nitrogens with two attached hydrogens (primary N) is 1. The summed E-state index contributed by atoms with van der Waals surface area (Å²) in [6.07, 6.45) is 0. The van der Waals surface area contributed by atoms with E-state index in [1.807, 2.05) is 17.5 Å². The van der Waals surface area contributed by atoms with E-state index in [1.165, 1.54) is 11.3 Å². The Hall–Kier alpha value is -1.13. The van der Waals surface area contributed by atoms with Crippen LogP contribution in [0.3, 0.4) is 0 Å². The Kier molecular flexibility index (Phi) is 2.88. The first-order chi connectivity index (χ1) is 7.18. The quantitative estimate of drug-likeness (QED) is 0.678. The average molecular weight is 282 g/mol. The Morgan fingerprint density at radius 1 is 1.33 bits per heavy atom. The third-order valence-electron chi connectivity index (χ3n) is 2.00. The van der Waals surface area contributed by atoms with Crippen LogP contribution in [0.5, 0.6) is 0 Å². The zero-order valence-electron chi connectivity index (χ0n) is 7.74. The Balaban J connectivity index is 2.42. The largest absolute Gasteiger partial charge is 0.398 e. The van der Waals surface area contributed by atoms with E-state index in [9.17, 15) is 4.79 Å². The van der Waals surface area contributed by atoms with E-state index in [1.54, 1.807) is 18.2 Å². The Bertz CT molecular complexity index is 493. The summed E-state index contributed by atoms with van der Waals surface area (Å²) in [6.45, 7) is 0. The lowest BCUT2D eigenvalue weighted by molar-refractivity contribution is 0.104. The van der Waals surface area contributed by atoms with Crippen LogP contribution in [0, 0.1) is 0 Å². The van der Waals surface area contributed by atoms with Crippen LogP contribution in [0.4, 0.5) is 5.69 Å². The van der Waals surface area contributed by atoms with Gasteiger partial charge in [0.2, 0.25) is 5.78 Å². The summed E-state index contributed by atoms with van der Waals surface area (Å²) in [7, 11) is 0. The summed E-state index contributed by atoms with van der Waals surface area (Å²) in [6, 6.07) is 8.95. The van der Waals surface area contributed by atoms with Crippen molar-refractivity contribution >= 4 is 38.7 Å². The number of rotatable bonds is 2. The first-order valence-corrected chi connectivity index (χ1v) is 5.99. The molecule has 0 unspecified atom stereocenters. The number of nitrogen functional groups attached to an aromatic ring is 1. The van der Waals surface area contributed by atoms with Gasteiger partial charge in [-0.25, -0.2) is 0 Å². The number of carbonyl (C=O) groups excluding carboxylic acids is 1. The third-order valence-corrected chi connectivity index (χ3v) is 3.37. The molecular weight excluding hydrogens is 274 g/mol. The highest BCUT2D eigenvalue weighted by molar-refractivity contribution is 9.10. The van der Waals surface area contributed by atoms with Crippen molar-refractivity contribution in [2.24, 2.45) is 0 Å². The van der Waals surface area contributed by atoms with E-state index in [-0.39, 0.29) is 5.78 Å². The van der Waals surface area contributed by atoms with Crippen molar-refractivity contribution in [3.8, 4) is 0 Å². The average Bonchev–Trinajstić information content (AvgIpc) is 2.69. The smallest absolute Gasteiger partial charge is 0.205 e. The minimum Gasteiger partial charge on any atom is -0.398 e. The molecule has 1 aromatic heterocycles. The van der Waals surface area contributed by atoms with Crippen LogP contribution in [0.25, 0.3) is 0 Å². The third kappa shape index (κ3) is 2.11. The highest BCUT2D eigenvalue weighted by Gasteiger charge is 2.12. The lowest BCUT2D eigenvalue weighted by Crippen LogP contribution is -2.03. The fraction of sp³-hybridized carbons (Fsp3) is 0. The predicted molar refractivity (Wildman–Crippen MR) is 66.3 cm³/mol. The molecular formula is C11H8BrNOS. The van der Waals surface area contributed by atoms with Gasteiger partial charge < -0.3 is 5.73 Å². The fourth-order valence-corrected chi connectivity index (χ4v) is 2.34. The van der Waals surface area contributed by atoms with E-state index in [0.29, 0.717) is 16.1 Å². The second-order valence-electron chi connectivity index (χ2n) is 3.04. The maximum atomic E-state index is 12.0. The van der Waals surface area contributed by atoms with E-state index >= 15 is 0 Å². The van der Waals surface area contributed by atoms with Crippen LogP contribution in [0.1, 0.15) is 15.2 Å². The topological polar surface area (TPSA) is 43.1 Å². The molecule has 0 aliphatic rings. The standard InChI is InChI=1S/C11H8BrNOS/c12-7-3-4-8(9(13)6-7)11(14)10-2-1-5-15-10/h1-6H,13H2. The molecule has 0 atom stereocenters. The lowest BCUT2D eigenvalue weighted by Gasteiger charge is -2.03. The van der Waals surface area contributed by atoms with Crippen LogP contribution < -0.4 is 5.73 Å². The fourth-order valence-electron chi connectivity index (χ4n) is 1.28. The van der Waals surface area contributed by atoms with Gasteiger partial charge in [0.1, 0.15) is 0 Å². The van der Waals surface area contributed by atoms with E-state index < -0.39 is 0 Å². The molecule has 0 spiro atoms. The highest BCUT2D eigenvalue weighted by atomic mass is 79.9. The van der Waals surface area contributed by atoms with Gasteiger partial charge in [-0.3, -0.25) is 4.79 Å². The zero-order valence-corrected chi connectivity index (χ0v) is 10.1. The van der Waals surface area contributed by atoms with E-state index in [4.69, 9.17) is 5.73 Å². The molecule has 0 aliphatic heterocycles. The van der Waals surface area contributed by atoms with Crippen molar-refractivity contribution in [2.75, 3.05) is 5.73 Å². The molecule has 2 rings (SSSR count). The normalized spacial score (nSPS) is 10.2. The highest BCUT2D eigenvalue weighted by Crippen LogP contribution is 2.22.